The van der Waals surface area contributed by atoms with Crippen molar-refractivity contribution < 1.29 is 0 Å². The van der Waals surface area contributed by atoms with Crippen LogP contribution in [0.25, 0.3) is 0 Å². The van der Waals surface area contributed by atoms with Crippen molar-refractivity contribution >= 4 is 18.5 Å². The minimum absolute atomic E-state index is 0.616. The summed E-state index contributed by atoms with van der Waals surface area (Å²) in [5, 5.41) is 0. The van der Waals surface area contributed by atoms with Crippen LogP contribution in [-0.2, 0) is 0 Å². The second-order valence-electron chi connectivity index (χ2n) is 6.20. The van der Waals surface area contributed by atoms with E-state index in [0.717, 1.165) is 29.7 Å². The summed E-state index contributed by atoms with van der Waals surface area (Å²) in [5.41, 5.74) is 0. The van der Waals surface area contributed by atoms with Gasteiger partial charge < -0.3 is 4.81 Å². The second kappa shape index (κ2) is 5.14. The predicted molar refractivity (Wildman–Crippen MR) is 82.8 cm³/mol. The number of aliphatic imine (C=N–C) groups is 2. The SMILES string of the molecule is C=C1N=C(C)N=C(CC)N1B1C2CCCC1CCC2. The zero-order chi connectivity index (χ0) is 13.4. The molecule has 0 aliphatic carbocycles. The first-order chi connectivity index (χ1) is 9.20. The molecule has 0 amide bonds. The van der Waals surface area contributed by atoms with Gasteiger partial charge in [0.1, 0.15) is 11.7 Å². The molecular weight excluding hydrogens is 233 g/mol. The van der Waals surface area contributed by atoms with Gasteiger partial charge in [-0.25, -0.2) is 9.98 Å². The Kier molecular flexibility index (Phi) is 3.51. The van der Waals surface area contributed by atoms with E-state index in [1.54, 1.807) is 0 Å². The molecule has 3 aliphatic heterocycles. The van der Waals surface area contributed by atoms with Crippen molar-refractivity contribution in [3.8, 4) is 0 Å². The van der Waals surface area contributed by atoms with Gasteiger partial charge in [0.2, 0.25) is 0 Å². The van der Waals surface area contributed by atoms with Crippen LogP contribution in [0.3, 0.4) is 0 Å². The normalized spacial score (nSPS) is 31.2. The molecule has 3 aliphatic rings. The maximum absolute atomic E-state index is 4.67. The molecule has 3 nitrogen and oxygen atoms in total. The van der Waals surface area contributed by atoms with E-state index < -0.39 is 0 Å². The van der Waals surface area contributed by atoms with Crippen molar-refractivity contribution in [1.29, 1.82) is 0 Å². The van der Waals surface area contributed by atoms with Gasteiger partial charge >= 0.3 is 0 Å². The predicted octanol–water partition coefficient (Wildman–Crippen LogP) is 4.10. The molecule has 3 heterocycles. The average molecular weight is 257 g/mol. The van der Waals surface area contributed by atoms with Gasteiger partial charge in [-0.2, -0.15) is 0 Å². The van der Waals surface area contributed by atoms with Gasteiger partial charge in [-0.1, -0.05) is 52.0 Å². The Morgan fingerprint density at radius 1 is 1.16 bits per heavy atom. The van der Waals surface area contributed by atoms with E-state index in [2.05, 4.69) is 28.3 Å². The lowest BCUT2D eigenvalue weighted by atomic mass is 9.33. The maximum Gasteiger partial charge on any atom is 0.270 e. The molecule has 0 saturated carbocycles. The van der Waals surface area contributed by atoms with Crippen molar-refractivity contribution in [2.24, 2.45) is 9.98 Å². The molecule has 19 heavy (non-hydrogen) atoms. The van der Waals surface area contributed by atoms with E-state index in [9.17, 15) is 0 Å². The highest BCUT2D eigenvalue weighted by atomic mass is 15.3. The number of fused-ring (bicyclic) bond motifs is 2. The van der Waals surface area contributed by atoms with Crippen LogP contribution in [0.2, 0.25) is 11.6 Å². The molecular formula is C15H24BN3. The Hall–Kier alpha value is -1.06. The Balaban J connectivity index is 1.92. The lowest BCUT2D eigenvalue weighted by Crippen LogP contribution is -2.52. The standard InChI is InChI=1S/C15H24BN3/c1-4-15-18-11(2)17-12(3)19(15)16-13-7-5-8-14(16)10-6-9-13/h13-14H,3-10H2,1-2H3. The summed E-state index contributed by atoms with van der Waals surface area (Å²) in [7, 11) is 0. The molecule has 2 saturated heterocycles. The van der Waals surface area contributed by atoms with Crippen molar-refractivity contribution in [1.82, 2.24) is 4.81 Å². The highest BCUT2D eigenvalue weighted by Gasteiger charge is 2.45. The number of nitrogens with zero attached hydrogens (tertiary/aromatic N) is 3. The van der Waals surface area contributed by atoms with Crippen molar-refractivity contribution in [2.45, 2.75) is 70.4 Å². The minimum atomic E-state index is 0.616. The third kappa shape index (κ3) is 2.26. The summed E-state index contributed by atoms with van der Waals surface area (Å²) in [6.07, 6.45) is 9.31. The Morgan fingerprint density at radius 2 is 1.74 bits per heavy atom. The van der Waals surface area contributed by atoms with E-state index in [1.807, 2.05) is 6.92 Å². The fraction of sp³-hybridized carbons (Fsp3) is 0.733. The van der Waals surface area contributed by atoms with E-state index in [0.29, 0.717) is 6.85 Å². The highest BCUT2D eigenvalue weighted by Crippen LogP contribution is 2.48. The molecule has 0 N–H and O–H groups in total. The topological polar surface area (TPSA) is 28.0 Å². The number of amidine groups is 2. The molecule has 0 radical (unpaired) electrons. The molecule has 0 spiro atoms. The lowest BCUT2D eigenvalue weighted by Gasteiger charge is -2.47. The Bertz CT molecular complexity index is 419. The van der Waals surface area contributed by atoms with E-state index in [4.69, 9.17) is 0 Å². The van der Waals surface area contributed by atoms with Crippen molar-refractivity contribution in [3.63, 3.8) is 0 Å². The van der Waals surface area contributed by atoms with Crippen LogP contribution in [0.15, 0.2) is 22.4 Å². The quantitative estimate of drug-likeness (QED) is 0.684. The summed E-state index contributed by atoms with van der Waals surface area (Å²) in [6.45, 7) is 8.98. The second-order valence-corrected chi connectivity index (χ2v) is 6.20. The maximum atomic E-state index is 4.67. The first-order valence-electron chi connectivity index (χ1n) is 7.81. The fourth-order valence-electron chi connectivity index (χ4n) is 4.31. The third-order valence-corrected chi connectivity index (χ3v) is 5.02. The monoisotopic (exact) mass is 257 g/mol. The first kappa shape index (κ1) is 13.0. The molecule has 0 aromatic heterocycles. The van der Waals surface area contributed by atoms with Crippen LogP contribution in [0.1, 0.15) is 58.8 Å². The molecule has 3 rings (SSSR count). The first-order valence-corrected chi connectivity index (χ1v) is 7.81. The molecule has 0 unspecified atom stereocenters. The van der Waals surface area contributed by atoms with Gasteiger partial charge in [0, 0.05) is 6.42 Å². The largest absolute Gasteiger partial charge is 0.360 e. The van der Waals surface area contributed by atoms with Crippen molar-refractivity contribution in [2.75, 3.05) is 0 Å². The number of rotatable bonds is 2. The fourth-order valence-corrected chi connectivity index (χ4v) is 4.31. The summed E-state index contributed by atoms with van der Waals surface area (Å²) in [4.78, 5) is 11.6. The Labute approximate surface area is 117 Å². The zero-order valence-corrected chi connectivity index (χ0v) is 12.2. The lowest BCUT2D eigenvalue weighted by molar-refractivity contribution is 0.417. The third-order valence-electron chi connectivity index (χ3n) is 5.02. The van der Waals surface area contributed by atoms with Crippen molar-refractivity contribution in [3.05, 3.63) is 12.4 Å². The Morgan fingerprint density at radius 3 is 2.26 bits per heavy atom. The smallest absolute Gasteiger partial charge is 0.270 e. The van der Waals surface area contributed by atoms with E-state index in [1.165, 1.54) is 44.4 Å². The molecule has 0 aromatic rings. The van der Waals surface area contributed by atoms with Crippen LogP contribution in [-0.4, -0.2) is 23.3 Å². The number of hydrogen-bond donors (Lipinski definition) is 0. The number of hydrogen-bond acceptors (Lipinski definition) is 3. The van der Waals surface area contributed by atoms with Gasteiger partial charge in [0.25, 0.3) is 6.85 Å². The van der Waals surface area contributed by atoms with E-state index >= 15 is 0 Å². The van der Waals surface area contributed by atoms with Gasteiger partial charge in [-0.15, -0.1) is 0 Å². The van der Waals surface area contributed by atoms with Gasteiger partial charge in [-0.3, -0.25) is 0 Å². The minimum Gasteiger partial charge on any atom is -0.360 e. The van der Waals surface area contributed by atoms with Crippen LogP contribution in [0, 0.1) is 0 Å². The average Bonchev–Trinajstić information content (AvgIpc) is 2.37. The highest BCUT2D eigenvalue weighted by molar-refractivity contribution is 6.63. The molecule has 2 bridgehead atoms. The van der Waals surface area contributed by atoms with Crippen LogP contribution >= 0.6 is 0 Å². The van der Waals surface area contributed by atoms with Crippen LogP contribution in [0.4, 0.5) is 0 Å². The molecule has 0 aromatic carbocycles. The van der Waals surface area contributed by atoms with Crippen LogP contribution < -0.4 is 0 Å². The molecule has 0 atom stereocenters. The van der Waals surface area contributed by atoms with Gasteiger partial charge in [-0.05, 0) is 18.6 Å². The zero-order valence-electron chi connectivity index (χ0n) is 12.2. The van der Waals surface area contributed by atoms with Gasteiger partial charge in [0.05, 0.1) is 5.84 Å². The summed E-state index contributed by atoms with van der Waals surface area (Å²) in [6, 6.07) is 0. The molecule has 2 fully saturated rings. The van der Waals surface area contributed by atoms with Gasteiger partial charge in [0.15, 0.2) is 0 Å². The summed E-state index contributed by atoms with van der Waals surface area (Å²) >= 11 is 0. The molecule has 4 heteroatoms. The van der Waals surface area contributed by atoms with Crippen LogP contribution in [0.5, 0.6) is 0 Å². The summed E-state index contributed by atoms with van der Waals surface area (Å²) < 4.78 is 0. The van der Waals surface area contributed by atoms with E-state index in [-0.39, 0.29) is 0 Å². The molecule has 102 valence electrons. The summed E-state index contributed by atoms with van der Waals surface area (Å²) in [5.74, 6) is 4.62.